The lowest BCUT2D eigenvalue weighted by Crippen LogP contribution is -2.49. The van der Waals surface area contributed by atoms with Crippen molar-refractivity contribution in [2.45, 2.75) is 0 Å². The fourth-order valence-electron chi connectivity index (χ4n) is 3.54. The SMILES string of the molecule is COc1ccccc1N1CCN(C(=O)c2cc(-c3ccccc3)nc(=O)[nH]2)CC1. The average Bonchev–Trinajstić information content (AvgIpc) is 2.79. The highest BCUT2D eigenvalue weighted by molar-refractivity contribution is 5.93. The van der Waals surface area contributed by atoms with E-state index in [0.717, 1.165) is 17.0 Å². The maximum atomic E-state index is 13.0. The van der Waals surface area contributed by atoms with Crippen LogP contribution in [0.3, 0.4) is 0 Å². The van der Waals surface area contributed by atoms with Crippen LogP contribution in [-0.2, 0) is 0 Å². The summed E-state index contributed by atoms with van der Waals surface area (Å²) in [5.74, 6) is 0.625. The van der Waals surface area contributed by atoms with Gasteiger partial charge in [-0.2, -0.15) is 4.98 Å². The summed E-state index contributed by atoms with van der Waals surface area (Å²) >= 11 is 0. The summed E-state index contributed by atoms with van der Waals surface area (Å²) in [5, 5.41) is 0. The van der Waals surface area contributed by atoms with Gasteiger partial charge in [0.1, 0.15) is 11.4 Å². The normalized spacial score (nSPS) is 14.0. The summed E-state index contributed by atoms with van der Waals surface area (Å²) in [5.41, 5.74) is 2.04. The van der Waals surface area contributed by atoms with Crippen molar-refractivity contribution in [2.75, 3.05) is 38.2 Å². The summed E-state index contributed by atoms with van der Waals surface area (Å²) in [4.78, 5) is 35.5. The van der Waals surface area contributed by atoms with E-state index in [4.69, 9.17) is 4.74 Å². The molecule has 0 radical (unpaired) electrons. The van der Waals surface area contributed by atoms with E-state index in [1.54, 1.807) is 18.1 Å². The van der Waals surface area contributed by atoms with E-state index in [2.05, 4.69) is 14.9 Å². The number of nitrogens with zero attached hydrogens (tertiary/aromatic N) is 3. The zero-order valence-electron chi connectivity index (χ0n) is 16.2. The third-order valence-corrected chi connectivity index (χ3v) is 5.04. The van der Waals surface area contributed by atoms with Gasteiger partial charge in [0, 0.05) is 31.7 Å². The molecule has 2 aromatic carbocycles. The number of methoxy groups -OCH3 is 1. The molecule has 0 unspecified atom stereocenters. The van der Waals surface area contributed by atoms with E-state index in [9.17, 15) is 9.59 Å². The van der Waals surface area contributed by atoms with E-state index < -0.39 is 5.69 Å². The number of piperazine rings is 1. The Morgan fingerprint density at radius 2 is 1.69 bits per heavy atom. The number of nitrogens with one attached hydrogen (secondary N) is 1. The lowest BCUT2D eigenvalue weighted by atomic mass is 10.1. The number of hydrogen-bond donors (Lipinski definition) is 1. The number of carbonyl (C=O) groups is 1. The van der Waals surface area contributed by atoms with Crippen LogP contribution in [0, 0.1) is 0 Å². The monoisotopic (exact) mass is 390 g/mol. The van der Waals surface area contributed by atoms with Crippen LogP contribution < -0.4 is 15.3 Å². The van der Waals surface area contributed by atoms with Crippen LogP contribution in [0.4, 0.5) is 5.69 Å². The number of hydrogen-bond acceptors (Lipinski definition) is 5. The van der Waals surface area contributed by atoms with Crippen LogP contribution in [0.25, 0.3) is 11.3 Å². The summed E-state index contributed by atoms with van der Waals surface area (Å²) in [6.07, 6.45) is 0. The lowest BCUT2D eigenvalue weighted by Gasteiger charge is -2.36. The molecule has 1 amide bonds. The zero-order chi connectivity index (χ0) is 20.2. The average molecular weight is 390 g/mol. The van der Waals surface area contributed by atoms with Crippen molar-refractivity contribution in [1.82, 2.24) is 14.9 Å². The van der Waals surface area contributed by atoms with E-state index >= 15 is 0 Å². The molecule has 1 saturated heterocycles. The van der Waals surface area contributed by atoms with E-state index in [-0.39, 0.29) is 11.6 Å². The first kappa shape index (κ1) is 18.7. The Balaban J connectivity index is 1.50. The first-order valence-electron chi connectivity index (χ1n) is 9.50. The third kappa shape index (κ3) is 3.99. The molecule has 148 valence electrons. The fraction of sp³-hybridized carbons (Fsp3) is 0.227. The smallest absolute Gasteiger partial charge is 0.346 e. The molecule has 0 spiro atoms. The molecular formula is C22H22N4O3. The van der Waals surface area contributed by atoms with Crippen molar-refractivity contribution in [3.05, 3.63) is 76.8 Å². The lowest BCUT2D eigenvalue weighted by molar-refractivity contribution is 0.0740. The van der Waals surface area contributed by atoms with Crippen LogP contribution in [-0.4, -0.2) is 54.1 Å². The molecule has 2 heterocycles. The third-order valence-electron chi connectivity index (χ3n) is 5.04. The van der Waals surface area contributed by atoms with Crippen LogP contribution in [0.15, 0.2) is 65.5 Å². The standard InChI is InChI=1S/C22H22N4O3/c1-29-20-10-6-5-9-19(20)25-11-13-26(14-12-25)21(27)18-15-17(23-22(28)24-18)16-7-3-2-4-8-16/h2-10,15H,11-14H2,1H3,(H,23,24,28). The number of carbonyl (C=O) groups excluding carboxylic acids is 1. The van der Waals surface area contributed by atoms with Gasteiger partial charge in [0.05, 0.1) is 18.5 Å². The van der Waals surface area contributed by atoms with Gasteiger partial charge in [-0.1, -0.05) is 42.5 Å². The summed E-state index contributed by atoms with van der Waals surface area (Å²) in [6, 6.07) is 18.9. The van der Waals surface area contributed by atoms with Crippen molar-refractivity contribution >= 4 is 11.6 Å². The molecule has 4 rings (SSSR count). The van der Waals surface area contributed by atoms with Crippen LogP contribution in [0.2, 0.25) is 0 Å². The predicted molar refractivity (Wildman–Crippen MR) is 111 cm³/mol. The Hall–Kier alpha value is -3.61. The molecule has 29 heavy (non-hydrogen) atoms. The second-order valence-corrected chi connectivity index (χ2v) is 6.80. The Morgan fingerprint density at radius 1 is 1.00 bits per heavy atom. The first-order chi connectivity index (χ1) is 14.2. The Labute approximate surface area is 168 Å². The highest BCUT2D eigenvalue weighted by Crippen LogP contribution is 2.28. The zero-order valence-corrected chi connectivity index (χ0v) is 16.2. The van der Waals surface area contributed by atoms with Crippen LogP contribution >= 0.6 is 0 Å². The van der Waals surface area contributed by atoms with Crippen molar-refractivity contribution in [1.29, 1.82) is 0 Å². The Bertz CT molecular complexity index is 1060. The van der Waals surface area contributed by atoms with Gasteiger partial charge in [-0.25, -0.2) is 4.79 Å². The molecule has 7 nitrogen and oxygen atoms in total. The number of aromatic nitrogens is 2. The number of amides is 1. The number of aromatic amines is 1. The highest BCUT2D eigenvalue weighted by Gasteiger charge is 2.24. The maximum absolute atomic E-state index is 13.0. The maximum Gasteiger partial charge on any atom is 0.346 e. The van der Waals surface area contributed by atoms with E-state index in [1.165, 1.54) is 0 Å². The number of benzene rings is 2. The Kier molecular flexibility index (Phi) is 5.29. The van der Waals surface area contributed by atoms with Crippen molar-refractivity contribution in [3.63, 3.8) is 0 Å². The molecule has 0 atom stereocenters. The molecule has 7 heteroatoms. The van der Waals surface area contributed by atoms with Gasteiger partial charge in [-0.3, -0.25) is 4.79 Å². The largest absolute Gasteiger partial charge is 0.495 e. The van der Waals surface area contributed by atoms with Crippen LogP contribution in [0.5, 0.6) is 5.75 Å². The number of para-hydroxylation sites is 2. The number of rotatable bonds is 4. The number of H-pyrrole nitrogens is 1. The summed E-state index contributed by atoms with van der Waals surface area (Å²) in [6.45, 7) is 2.49. The second-order valence-electron chi connectivity index (χ2n) is 6.80. The summed E-state index contributed by atoms with van der Waals surface area (Å²) < 4.78 is 5.44. The van der Waals surface area contributed by atoms with Crippen LogP contribution in [0.1, 0.15) is 10.5 Å². The molecule has 0 bridgehead atoms. The van der Waals surface area contributed by atoms with Gasteiger partial charge in [0.15, 0.2) is 0 Å². The van der Waals surface area contributed by atoms with Crippen molar-refractivity contribution in [3.8, 4) is 17.0 Å². The van der Waals surface area contributed by atoms with E-state index in [1.807, 2.05) is 54.6 Å². The molecule has 1 aliphatic rings. The molecule has 1 N–H and O–H groups in total. The van der Waals surface area contributed by atoms with Gasteiger partial charge in [-0.05, 0) is 18.2 Å². The molecule has 1 aromatic heterocycles. The fourth-order valence-corrected chi connectivity index (χ4v) is 3.54. The van der Waals surface area contributed by atoms with Crippen molar-refractivity contribution < 1.29 is 9.53 Å². The Morgan fingerprint density at radius 3 is 2.41 bits per heavy atom. The first-order valence-corrected chi connectivity index (χ1v) is 9.50. The number of ether oxygens (including phenoxy) is 1. The minimum absolute atomic E-state index is 0.193. The predicted octanol–water partition coefficient (Wildman–Crippen LogP) is 2.41. The van der Waals surface area contributed by atoms with Gasteiger partial charge in [0.2, 0.25) is 0 Å². The quantitative estimate of drug-likeness (QED) is 0.740. The topological polar surface area (TPSA) is 78.5 Å². The second kappa shape index (κ2) is 8.18. The molecule has 0 aliphatic carbocycles. The highest BCUT2D eigenvalue weighted by atomic mass is 16.5. The van der Waals surface area contributed by atoms with Gasteiger partial charge in [0.25, 0.3) is 5.91 Å². The minimum atomic E-state index is -0.526. The van der Waals surface area contributed by atoms with Crippen molar-refractivity contribution in [2.24, 2.45) is 0 Å². The van der Waals surface area contributed by atoms with E-state index in [0.29, 0.717) is 31.9 Å². The molecule has 0 saturated carbocycles. The summed E-state index contributed by atoms with van der Waals surface area (Å²) in [7, 11) is 1.66. The molecule has 3 aromatic rings. The molecule has 1 aliphatic heterocycles. The van der Waals surface area contributed by atoms with Gasteiger partial charge >= 0.3 is 5.69 Å². The molecular weight excluding hydrogens is 368 g/mol. The van der Waals surface area contributed by atoms with Gasteiger partial charge in [-0.15, -0.1) is 0 Å². The molecule has 1 fully saturated rings. The van der Waals surface area contributed by atoms with Gasteiger partial charge < -0.3 is 19.5 Å². The number of anilines is 1. The minimum Gasteiger partial charge on any atom is -0.495 e.